The van der Waals surface area contributed by atoms with Gasteiger partial charge in [0, 0.05) is 16.7 Å². The zero-order chi connectivity index (χ0) is 23.8. The molecule has 0 aliphatic heterocycles. The van der Waals surface area contributed by atoms with Crippen LogP contribution in [-0.4, -0.2) is 31.7 Å². The molecule has 0 unspecified atom stereocenters. The highest BCUT2D eigenvalue weighted by Gasteiger charge is 2.14. The normalized spacial score (nSPS) is 11.3. The van der Waals surface area contributed by atoms with Gasteiger partial charge in [-0.2, -0.15) is 0 Å². The van der Waals surface area contributed by atoms with Gasteiger partial charge in [-0.05, 0) is 67.4 Å². The van der Waals surface area contributed by atoms with E-state index in [1.807, 2.05) is 24.3 Å². The Bertz CT molecular complexity index is 1490. The number of aryl methyl sites for hydroxylation is 2. The fourth-order valence-corrected chi connectivity index (χ4v) is 4.40. The number of imidazole rings is 1. The number of hydrogen-bond acceptors (Lipinski definition) is 6. The van der Waals surface area contributed by atoms with E-state index in [-0.39, 0.29) is 11.5 Å². The number of benzene rings is 3. The summed E-state index contributed by atoms with van der Waals surface area (Å²) in [6.45, 7) is 4.17. The molecular weight excluding hydrogens is 491 g/mol. The van der Waals surface area contributed by atoms with Crippen LogP contribution in [0.2, 0.25) is 10.0 Å². The molecule has 0 atom stereocenters. The SMILES string of the molecule is Cc1cc2nc(-c3ccc(-c4nnc(SCC(=O)c5ccc(Cl)c(Cl)c5)o4)cc3)[nH]c2cc1C. The number of nitrogens with one attached hydrogen (secondary N) is 1. The predicted molar refractivity (Wildman–Crippen MR) is 136 cm³/mol. The van der Waals surface area contributed by atoms with E-state index in [9.17, 15) is 4.79 Å². The summed E-state index contributed by atoms with van der Waals surface area (Å²) in [5.74, 6) is 1.22. The average molecular weight is 509 g/mol. The minimum absolute atomic E-state index is 0.108. The van der Waals surface area contributed by atoms with Crippen LogP contribution in [0.25, 0.3) is 33.9 Å². The average Bonchev–Trinajstić information content (AvgIpc) is 3.47. The highest BCUT2D eigenvalue weighted by atomic mass is 35.5. The van der Waals surface area contributed by atoms with Gasteiger partial charge in [-0.15, -0.1) is 10.2 Å². The number of fused-ring (bicyclic) bond motifs is 1. The Kier molecular flexibility index (Phi) is 6.16. The van der Waals surface area contributed by atoms with Gasteiger partial charge in [0.2, 0.25) is 5.89 Å². The summed E-state index contributed by atoms with van der Waals surface area (Å²) < 4.78 is 5.74. The third-order valence-electron chi connectivity index (χ3n) is 5.48. The van der Waals surface area contributed by atoms with Crippen molar-refractivity contribution in [3.8, 4) is 22.8 Å². The van der Waals surface area contributed by atoms with Crippen molar-refractivity contribution in [2.75, 3.05) is 5.75 Å². The summed E-state index contributed by atoms with van der Waals surface area (Å²) in [5, 5.41) is 9.22. The maximum absolute atomic E-state index is 12.4. The van der Waals surface area contributed by atoms with E-state index >= 15 is 0 Å². The van der Waals surface area contributed by atoms with E-state index in [2.05, 4.69) is 41.2 Å². The Labute approximate surface area is 209 Å². The van der Waals surface area contributed by atoms with Crippen molar-refractivity contribution in [1.82, 2.24) is 20.2 Å². The Morgan fingerprint density at radius 1 is 0.941 bits per heavy atom. The van der Waals surface area contributed by atoms with Crippen LogP contribution in [-0.2, 0) is 0 Å². The van der Waals surface area contributed by atoms with Crippen LogP contribution >= 0.6 is 35.0 Å². The predicted octanol–water partition coefficient (Wildman–Crippen LogP) is 7.18. The van der Waals surface area contributed by atoms with Crippen molar-refractivity contribution in [2.45, 2.75) is 19.1 Å². The van der Waals surface area contributed by atoms with Crippen LogP contribution in [0.1, 0.15) is 21.5 Å². The first-order valence-electron chi connectivity index (χ1n) is 10.4. The zero-order valence-electron chi connectivity index (χ0n) is 18.2. The van der Waals surface area contributed by atoms with E-state index in [1.54, 1.807) is 18.2 Å². The number of Topliss-reactive ketones (excluding diaryl/α,β-unsaturated/α-hetero) is 1. The molecule has 0 saturated heterocycles. The molecule has 3 aromatic carbocycles. The number of carbonyl (C=O) groups excluding carboxylic acids is 1. The lowest BCUT2D eigenvalue weighted by molar-refractivity contribution is 0.102. The number of ketones is 1. The van der Waals surface area contributed by atoms with Crippen LogP contribution in [0, 0.1) is 13.8 Å². The van der Waals surface area contributed by atoms with Gasteiger partial charge in [0.05, 0.1) is 26.8 Å². The molecule has 0 saturated carbocycles. The second-order valence-electron chi connectivity index (χ2n) is 7.83. The van der Waals surface area contributed by atoms with Gasteiger partial charge in [-0.3, -0.25) is 4.79 Å². The van der Waals surface area contributed by atoms with E-state index in [1.165, 1.54) is 22.9 Å². The molecular formula is C25H18Cl2N4O2S. The summed E-state index contributed by atoms with van der Waals surface area (Å²) in [5.41, 5.74) is 6.60. The molecule has 0 radical (unpaired) electrons. The van der Waals surface area contributed by atoms with Crippen LogP contribution in [0.4, 0.5) is 0 Å². The lowest BCUT2D eigenvalue weighted by Gasteiger charge is -2.01. The summed E-state index contributed by atoms with van der Waals surface area (Å²) in [6, 6.07) is 16.7. The van der Waals surface area contributed by atoms with Gasteiger partial charge in [0.1, 0.15) is 5.82 Å². The first-order chi connectivity index (χ1) is 16.4. The van der Waals surface area contributed by atoms with Gasteiger partial charge in [0.25, 0.3) is 5.22 Å². The summed E-state index contributed by atoms with van der Waals surface area (Å²) >= 11 is 13.1. The number of carbonyl (C=O) groups is 1. The number of aromatic nitrogens is 4. The molecule has 0 aliphatic carbocycles. The van der Waals surface area contributed by atoms with E-state index < -0.39 is 0 Å². The maximum Gasteiger partial charge on any atom is 0.277 e. The third-order valence-corrected chi connectivity index (χ3v) is 7.03. The number of nitrogens with zero attached hydrogens (tertiary/aromatic N) is 3. The molecule has 0 aliphatic rings. The van der Waals surface area contributed by atoms with Gasteiger partial charge >= 0.3 is 0 Å². The van der Waals surface area contributed by atoms with Crippen molar-refractivity contribution in [3.63, 3.8) is 0 Å². The molecule has 5 aromatic rings. The highest BCUT2D eigenvalue weighted by molar-refractivity contribution is 7.99. The second-order valence-corrected chi connectivity index (χ2v) is 9.57. The van der Waals surface area contributed by atoms with Gasteiger partial charge in [-0.25, -0.2) is 4.98 Å². The molecule has 170 valence electrons. The molecule has 2 aromatic heterocycles. The zero-order valence-corrected chi connectivity index (χ0v) is 20.6. The second kappa shape index (κ2) is 9.25. The van der Waals surface area contributed by atoms with Crippen molar-refractivity contribution in [3.05, 3.63) is 81.3 Å². The Morgan fingerprint density at radius 3 is 2.44 bits per heavy atom. The minimum atomic E-state index is -0.108. The van der Waals surface area contributed by atoms with Gasteiger partial charge in [-0.1, -0.05) is 47.1 Å². The van der Waals surface area contributed by atoms with Crippen LogP contribution in [0.5, 0.6) is 0 Å². The lowest BCUT2D eigenvalue weighted by Crippen LogP contribution is -2.02. The Morgan fingerprint density at radius 2 is 1.68 bits per heavy atom. The van der Waals surface area contributed by atoms with Crippen molar-refractivity contribution >= 4 is 51.8 Å². The Balaban J connectivity index is 1.28. The van der Waals surface area contributed by atoms with Crippen molar-refractivity contribution in [2.24, 2.45) is 0 Å². The number of rotatable bonds is 6. The molecule has 1 N–H and O–H groups in total. The Hall–Kier alpha value is -3.13. The van der Waals surface area contributed by atoms with E-state index in [4.69, 9.17) is 32.6 Å². The van der Waals surface area contributed by atoms with Crippen LogP contribution in [0.15, 0.2) is 64.2 Å². The number of thioether (sulfide) groups is 1. The molecule has 2 heterocycles. The van der Waals surface area contributed by atoms with Gasteiger partial charge in [0.15, 0.2) is 5.78 Å². The van der Waals surface area contributed by atoms with E-state index in [0.29, 0.717) is 26.7 Å². The highest BCUT2D eigenvalue weighted by Crippen LogP contribution is 2.28. The topological polar surface area (TPSA) is 84.7 Å². The number of H-pyrrole nitrogens is 1. The van der Waals surface area contributed by atoms with Crippen molar-refractivity contribution in [1.29, 1.82) is 0 Å². The third kappa shape index (κ3) is 4.59. The molecule has 0 amide bonds. The molecule has 0 fully saturated rings. The molecule has 0 spiro atoms. The minimum Gasteiger partial charge on any atom is -0.411 e. The standard InChI is InChI=1S/C25H18Cl2N4O2S/c1-13-9-20-21(10-14(13)2)29-23(28-20)15-3-5-16(6-4-15)24-30-31-25(33-24)34-12-22(32)17-7-8-18(26)19(27)11-17/h3-11H,12H2,1-2H3,(H,28,29). The summed E-state index contributed by atoms with van der Waals surface area (Å²) in [4.78, 5) is 20.5. The molecule has 0 bridgehead atoms. The number of halogens is 2. The monoisotopic (exact) mass is 508 g/mol. The quantitative estimate of drug-likeness (QED) is 0.193. The smallest absolute Gasteiger partial charge is 0.277 e. The molecule has 34 heavy (non-hydrogen) atoms. The van der Waals surface area contributed by atoms with E-state index in [0.717, 1.165) is 28.0 Å². The summed E-state index contributed by atoms with van der Waals surface area (Å²) in [6.07, 6.45) is 0. The summed E-state index contributed by atoms with van der Waals surface area (Å²) in [7, 11) is 0. The fourth-order valence-electron chi connectivity index (χ4n) is 3.44. The number of hydrogen-bond donors (Lipinski definition) is 1. The molecule has 5 rings (SSSR count). The first-order valence-corrected chi connectivity index (χ1v) is 12.1. The number of aromatic amines is 1. The maximum atomic E-state index is 12.4. The molecule has 6 nitrogen and oxygen atoms in total. The molecule has 9 heteroatoms. The van der Waals surface area contributed by atoms with Crippen molar-refractivity contribution < 1.29 is 9.21 Å². The first kappa shape index (κ1) is 22.7. The lowest BCUT2D eigenvalue weighted by atomic mass is 10.1. The van der Waals surface area contributed by atoms with Gasteiger partial charge < -0.3 is 9.40 Å². The van der Waals surface area contributed by atoms with Crippen LogP contribution in [0.3, 0.4) is 0 Å². The fraction of sp³-hybridized carbons (Fsp3) is 0.120. The largest absolute Gasteiger partial charge is 0.411 e. The van der Waals surface area contributed by atoms with Crippen LogP contribution < -0.4 is 0 Å².